The highest BCUT2D eigenvalue weighted by molar-refractivity contribution is 5.87. The maximum atomic E-state index is 9.71. The Morgan fingerprint density at radius 2 is 2.08 bits per heavy atom. The first-order valence-corrected chi connectivity index (χ1v) is 4.08. The van der Waals surface area contributed by atoms with Crippen molar-refractivity contribution in [2.75, 3.05) is 0 Å². The zero-order chi connectivity index (χ0) is 9.26. The van der Waals surface area contributed by atoms with Crippen molar-refractivity contribution in [3.63, 3.8) is 0 Å². The first-order valence-electron chi connectivity index (χ1n) is 4.08. The van der Waals surface area contributed by atoms with E-state index in [2.05, 4.69) is 4.98 Å². The number of hydrogen-bond donors (Lipinski definition) is 2. The summed E-state index contributed by atoms with van der Waals surface area (Å²) in [7, 11) is 0. The van der Waals surface area contributed by atoms with Crippen LogP contribution in [0.1, 0.15) is 5.69 Å². The van der Waals surface area contributed by atoms with Gasteiger partial charge >= 0.3 is 0 Å². The second-order valence-electron chi connectivity index (χ2n) is 2.84. The van der Waals surface area contributed by atoms with Gasteiger partial charge in [0.15, 0.2) is 0 Å². The van der Waals surface area contributed by atoms with Gasteiger partial charge in [0.05, 0.1) is 5.69 Å². The molecule has 0 saturated carbocycles. The molecule has 0 bridgehead atoms. The molecule has 0 fully saturated rings. The number of benzene rings is 1. The molecule has 0 amide bonds. The Morgan fingerprint density at radius 1 is 1.31 bits per heavy atom. The molecule has 3 N–H and O–H groups in total. The lowest BCUT2D eigenvalue weighted by Gasteiger charge is -2.03. The number of fused-ring (bicyclic) bond motifs is 1. The van der Waals surface area contributed by atoms with Crippen LogP contribution in [0.25, 0.3) is 10.8 Å². The average Bonchev–Trinajstić information content (AvgIpc) is 2.19. The fraction of sp³-hybridized carbons (Fsp3) is 0.100. The van der Waals surface area contributed by atoms with Crippen LogP contribution >= 0.6 is 0 Å². The summed E-state index contributed by atoms with van der Waals surface area (Å²) in [5, 5.41) is 11.4. The number of aromatic nitrogens is 1. The molecule has 13 heavy (non-hydrogen) atoms. The highest BCUT2D eigenvalue weighted by Crippen LogP contribution is 2.25. The maximum Gasteiger partial charge on any atom is 0.146 e. The molecule has 0 unspecified atom stereocenters. The summed E-state index contributed by atoms with van der Waals surface area (Å²) in [5.74, 6) is 0.195. The molecule has 1 aromatic carbocycles. The molecule has 66 valence electrons. The van der Waals surface area contributed by atoms with Gasteiger partial charge in [0.2, 0.25) is 0 Å². The largest absolute Gasteiger partial charge is 0.505 e. The SMILES string of the molecule is NCc1ncc2ccccc2c1O. The third kappa shape index (κ3) is 1.23. The highest BCUT2D eigenvalue weighted by atomic mass is 16.3. The first kappa shape index (κ1) is 8.01. The third-order valence-electron chi connectivity index (χ3n) is 2.04. The molecular weight excluding hydrogens is 164 g/mol. The number of nitrogens with zero attached hydrogens (tertiary/aromatic N) is 1. The van der Waals surface area contributed by atoms with Crippen molar-refractivity contribution in [2.45, 2.75) is 6.54 Å². The van der Waals surface area contributed by atoms with Crippen molar-refractivity contribution in [1.29, 1.82) is 0 Å². The number of nitrogens with two attached hydrogens (primary N) is 1. The lowest BCUT2D eigenvalue weighted by molar-refractivity contribution is 0.471. The molecule has 3 heteroatoms. The van der Waals surface area contributed by atoms with E-state index >= 15 is 0 Å². The standard InChI is InChI=1S/C10H10N2O/c11-5-9-10(13)8-4-2-1-3-7(8)6-12-9/h1-4,6,13H,5,11H2. The van der Waals surface area contributed by atoms with Crippen molar-refractivity contribution in [2.24, 2.45) is 5.73 Å². The first-order chi connectivity index (χ1) is 6.33. The van der Waals surface area contributed by atoms with Crippen LogP contribution in [0.3, 0.4) is 0 Å². The quantitative estimate of drug-likeness (QED) is 0.687. The van der Waals surface area contributed by atoms with Crippen LogP contribution in [0.2, 0.25) is 0 Å². The number of aromatic hydroxyl groups is 1. The molecule has 0 atom stereocenters. The van der Waals surface area contributed by atoms with Crippen molar-refractivity contribution < 1.29 is 5.11 Å². The Morgan fingerprint density at radius 3 is 2.85 bits per heavy atom. The molecule has 0 saturated heterocycles. The van der Waals surface area contributed by atoms with Crippen LogP contribution in [0.4, 0.5) is 0 Å². The lowest BCUT2D eigenvalue weighted by Crippen LogP contribution is -1.99. The van der Waals surface area contributed by atoms with E-state index in [-0.39, 0.29) is 12.3 Å². The number of hydrogen-bond acceptors (Lipinski definition) is 3. The van der Waals surface area contributed by atoms with Gasteiger partial charge < -0.3 is 10.8 Å². The smallest absolute Gasteiger partial charge is 0.146 e. The van der Waals surface area contributed by atoms with Gasteiger partial charge in [-0.05, 0) is 0 Å². The summed E-state index contributed by atoms with van der Waals surface area (Å²) >= 11 is 0. The molecule has 2 rings (SSSR count). The van der Waals surface area contributed by atoms with E-state index in [4.69, 9.17) is 5.73 Å². The van der Waals surface area contributed by atoms with Gasteiger partial charge in [-0.25, -0.2) is 0 Å². The average molecular weight is 174 g/mol. The van der Waals surface area contributed by atoms with Crippen LogP contribution in [-0.4, -0.2) is 10.1 Å². The van der Waals surface area contributed by atoms with Crippen LogP contribution < -0.4 is 5.73 Å². The number of rotatable bonds is 1. The second-order valence-corrected chi connectivity index (χ2v) is 2.84. The van der Waals surface area contributed by atoms with Crippen molar-refractivity contribution in [1.82, 2.24) is 4.98 Å². The van der Waals surface area contributed by atoms with Gasteiger partial charge in [0, 0.05) is 23.5 Å². The van der Waals surface area contributed by atoms with E-state index in [1.165, 1.54) is 0 Å². The molecule has 1 aromatic heterocycles. The van der Waals surface area contributed by atoms with E-state index in [1.54, 1.807) is 6.20 Å². The summed E-state index contributed by atoms with van der Waals surface area (Å²) in [6.07, 6.45) is 1.72. The Labute approximate surface area is 75.8 Å². The van der Waals surface area contributed by atoms with Gasteiger partial charge in [0.1, 0.15) is 5.75 Å². The molecule has 0 aliphatic rings. The van der Waals surface area contributed by atoms with E-state index in [0.29, 0.717) is 5.69 Å². The van der Waals surface area contributed by atoms with Gasteiger partial charge in [-0.1, -0.05) is 24.3 Å². The second kappa shape index (κ2) is 3.03. The van der Waals surface area contributed by atoms with Crippen molar-refractivity contribution >= 4 is 10.8 Å². The minimum Gasteiger partial charge on any atom is -0.505 e. The van der Waals surface area contributed by atoms with Gasteiger partial charge in [0.25, 0.3) is 0 Å². The van der Waals surface area contributed by atoms with Crippen molar-refractivity contribution in [3.05, 3.63) is 36.2 Å². The monoisotopic (exact) mass is 174 g/mol. The number of pyridine rings is 1. The lowest BCUT2D eigenvalue weighted by atomic mass is 10.1. The molecule has 0 radical (unpaired) electrons. The van der Waals surface area contributed by atoms with E-state index in [9.17, 15) is 5.11 Å². The Hall–Kier alpha value is -1.61. The molecule has 0 spiro atoms. The molecule has 2 aromatic rings. The van der Waals surface area contributed by atoms with Gasteiger partial charge in [-0.3, -0.25) is 4.98 Å². The minimum atomic E-state index is 0.195. The Bertz CT molecular complexity index is 440. The summed E-state index contributed by atoms with van der Waals surface area (Å²) in [6, 6.07) is 7.54. The Balaban J connectivity index is 2.79. The van der Waals surface area contributed by atoms with Crippen LogP contribution in [0.5, 0.6) is 5.75 Å². The zero-order valence-electron chi connectivity index (χ0n) is 7.07. The summed E-state index contributed by atoms with van der Waals surface area (Å²) < 4.78 is 0. The highest BCUT2D eigenvalue weighted by Gasteiger charge is 2.04. The fourth-order valence-electron chi connectivity index (χ4n) is 1.34. The molecule has 0 aliphatic heterocycles. The molecular formula is C10H10N2O. The van der Waals surface area contributed by atoms with E-state index < -0.39 is 0 Å². The fourth-order valence-corrected chi connectivity index (χ4v) is 1.34. The van der Waals surface area contributed by atoms with Crippen LogP contribution in [-0.2, 0) is 6.54 Å². The minimum absolute atomic E-state index is 0.195. The van der Waals surface area contributed by atoms with E-state index in [0.717, 1.165) is 10.8 Å². The predicted molar refractivity (Wildman–Crippen MR) is 51.3 cm³/mol. The predicted octanol–water partition coefficient (Wildman–Crippen LogP) is 1.40. The third-order valence-corrected chi connectivity index (χ3v) is 2.04. The van der Waals surface area contributed by atoms with Gasteiger partial charge in [-0.15, -0.1) is 0 Å². The summed E-state index contributed by atoms with van der Waals surface area (Å²) in [4.78, 5) is 4.05. The topological polar surface area (TPSA) is 59.1 Å². The van der Waals surface area contributed by atoms with Crippen LogP contribution in [0.15, 0.2) is 30.5 Å². The van der Waals surface area contributed by atoms with Crippen LogP contribution in [0, 0.1) is 0 Å². The maximum absolute atomic E-state index is 9.71. The summed E-state index contributed by atoms with van der Waals surface area (Å²) in [5.41, 5.74) is 5.96. The zero-order valence-corrected chi connectivity index (χ0v) is 7.07. The molecule has 3 nitrogen and oxygen atoms in total. The van der Waals surface area contributed by atoms with Gasteiger partial charge in [-0.2, -0.15) is 0 Å². The normalized spacial score (nSPS) is 10.5. The summed E-state index contributed by atoms with van der Waals surface area (Å²) in [6.45, 7) is 0.261. The Kier molecular flexibility index (Phi) is 1.87. The van der Waals surface area contributed by atoms with E-state index in [1.807, 2.05) is 24.3 Å². The molecule has 0 aliphatic carbocycles. The van der Waals surface area contributed by atoms with Crippen molar-refractivity contribution in [3.8, 4) is 5.75 Å². The molecule has 1 heterocycles.